The normalized spacial score (nSPS) is 12.9. The molecule has 0 aliphatic carbocycles. The Balaban J connectivity index is 1.93. The lowest BCUT2D eigenvalue weighted by Crippen LogP contribution is -2.42. The van der Waals surface area contributed by atoms with E-state index in [1.54, 1.807) is 52.1 Å². The van der Waals surface area contributed by atoms with Crippen molar-refractivity contribution in [1.82, 2.24) is 14.9 Å². The van der Waals surface area contributed by atoms with Crippen LogP contribution in [-0.2, 0) is 11.8 Å². The number of pyridine rings is 2. The first kappa shape index (κ1) is 24.5. The molecule has 0 bridgehead atoms. The monoisotopic (exact) mass is 457 g/mol. The Morgan fingerprint density at radius 1 is 1.21 bits per heavy atom. The van der Waals surface area contributed by atoms with Crippen LogP contribution in [0.15, 0.2) is 29.2 Å². The second kappa shape index (κ2) is 9.37. The van der Waals surface area contributed by atoms with Crippen LogP contribution in [0.2, 0.25) is 0 Å². The van der Waals surface area contributed by atoms with Crippen LogP contribution in [0.3, 0.4) is 0 Å². The number of aryl methyl sites for hydroxylation is 2. The summed E-state index contributed by atoms with van der Waals surface area (Å²) in [6.07, 6.45) is 1.69. The summed E-state index contributed by atoms with van der Waals surface area (Å²) < 4.78 is 28.0. The van der Waals surface area contributed by atoms with Gasteiger partial charge in [-0.25, -0.2) is 9.18 Å². The first-order valence-electron chi connectivity index (χ1n) is 11.1. The number of amides is 1. The summed E-state index contributed by atoms with van der Waals surface area (Å²) in [4.78, 5) is 29.3. The topological polar surface area (TPSA) is 82.5 Å². The Labute approximate surface area is 192 Å². The van der Waals surface area contributed by atoms with Crippen molar-refractivity contribution < 1.29 is 18.7 Å². The van der Waals surface area contributed by atoms with Crippen LogP contribution in [0, 0.1) is 18.7 Å². The van der Waals surface area contributed by atoms with Crippen molar-refractivity contribution in [3.63, 3.8) is 0 Å². The van der Waals surface area contributed by atoms with Gasteiger partial charge in [0, 0.05) is 18.6 Å². The van der Waals surface area contributed by atoms with Crippen molar-refractivity contribution in [1.29, 1.82) is 0 Å². The zero-order valence-corrected chi connectivity index (χ0v) is 20.3. The minimum atomic E-state index is -0.626. The van der Waals surface area contributed by atoms with Crippen molar-refractivity contribution in [2.45, 2.75) is 59.6 Å². The second-order valence-electron chi connectivity index (χ2n) is 9.74. The fraction of sp³-hybridized carbons (Fsp3) is 0.480. The van der Waals surface area contributed by atoms with Crippen molar-refractivity contribution in [3.8, 4) is 5.75 Å². The lowest BCUT2D eigenvalue weighted by atomic mass is 10.0. The summed E-state index contributed by atoms with van der Waals surface area (Å²) in [5.74, 6) is -0.328. The summed E-state index contributed by atoms with van der Waals surface area (Å²) in [6, 6.07) is 4.64. The molecule has 0 aliphatic rings. The minimum absolute atomic E-state index is 0.0161. The molecular formula is C25H32FN3O4. The predicted octanol–water partition coefficient (Wildman–Crippen LogP) is 4.85. The molecule has 33 heavy (non-hydrogen) atoms. The van der Waals surface area contributed by atoms with Gasteiger partial charge in [0.2, 0.25) is 0 Å². The van der Waals surface area contributed by atoms with E-state index in [1.807, 2.05) is 13.8 Å². The number of ether oxygens (including phenoxy) is 2. The molecule has 178 valence electrons. The average molecular weight is 458 g/mol. The molecule has 0 saturated heterocycles. The van der Waals surface area contributed by atoms with Crippen LogP contribution in [0.1, 0.15) is 46.7 Å². The highest BCUT2D eigenvalue weighted by Gasteiger charge is 2.22. The molecule has 1 aromatic carbocycles. The number of carbonyl (C=O) groups is 1. The van der Waals surface area contributed by atoms with Crippen LogP contribution in [0.5, 0.6) is 5.75 Å². The van der Waals surface area contributed by atoms with E-state index in [1.165, 1.54) is 11.6 Å². The van der Waals surface area contributed by atoms with Gasteiger partial charge in [0.05, 0.1) is 22.6 Å². The fourth-order valence-electron chi connectivity index (χ4n) is 3.94. The molecule has 7 nitrogen and oxygen atoms in total. The summed E-state index contributed by atoms with van der Waals surface area (Å²) in [5.41, 5.74) is -0.181. The number of fused-ring (bicyclic) bond motifs is 3. The number of rotatable bonds is 6. The molecule has 2 aromatic heterocycles. The number of nitrogens with one attached hydrogen (secondary N) is 1. The summed E-state index contributed by atoms with van der Waals surface area (Å²) in [6.45, 7) is 11.2. The molecule has 0 radical (unpaired) electrons. The maximum absolute atomic E-state index is 15.5. The van der Waals surface area contributed by atoms with E-state index in [0.717, 1.165) is 0 Å². The molecule has 8 heteroatoms. The Kier molecular flexibility index (Phi) is 6.95. The predicted molar refractivity (Wildman–Crippen MR) is 127 cm³/mol. The number of nitrogens with zero attached hydrogens (tertiary/aromatic N) is 2. The molecule has 1 atom stereocenters. The van der Waals surface area contributed by atoms with Crippen LogP contribution < -0.4 is 15.6 Å². The maximum Gasteiger partial charge on any atom is 0.407 e. The zero-order valence-electron chi connectivity index (χ0n) is 20.3. The van der Waals surface area contributed by atoms with Gasteiger partial charge in [-0.3, -0.25) is 9.78 Å². The quantitative estimate of drug-likeness (QED) is 0.535. The van der Waals surface area contributed by atoms with Crippen LogP contribution in [0.25, 0.3) is 21.7 Å². The van der Waals surface area contributed by atoms with Gasteiger partial charge >= 0.3 is 6.09 Å². The van der Waals surface area contributed by atoms with Crippen LogP contribution >= 0.6 is 0 Å². The molecule has 1 amide bonds. The molecule has 0 spiro atoms. The zero-order chi connectivity index (χ0) is 24.5. The van der Waals surface area contributed by atoms with Crippen molar-refractivity contribution in [2.24, 2.45) is 13.0 Å². The molecule has 1 unspecified atom stereocenters. The summed E-state index contributed by atoms with van der Waals surface area (Å²) >= 11 is 0. The number of benzene rings is 1. The third kappa shape index (κ3) is 5.43. The maximum atomic E-state index is 15.5. The van der Waals surface area contributed by atoms with Gasteiger partial charge in [-0.15, -0.1) is 0 Å². The molecule has 3 rings (SSSR count). The smallest absolute Gasteiger partial charge is 0.407 e. The number of hydrogen-bond acceptors (Lipinski definition) is 5. The van der Waals surface area contributed by atoms with Crippen molar-refractivity contribution >= 4 is 27.8 Å². The average Bonchev–Trinajstić information content (AvgIpc) is 2.68. The lowest BCUT2D eigenvalue weighted by molar-refractivity contribution is 0.0479. The number of alkyl carbamates (subject to hydrolysis) is 1. The van der Waals surface area contributed by atoms with E-state index in [-0.39, 0.29) is 35.4 Å². The standard InChI is InChI=1S/C25H32FN3O4/c1-14(2)12-16(28-24(31)33-25(4,5)6)13-32-19-9-8-18-17-10-11-27-15(3)20(17)23(30)29(7)22(18)21(19)26/h8-11,14,16H,12-13H2,1-7H3,(H,28,31). The lowest BCUT2D eigenvalue weighted by Gasteiger charge is -2.25. The number of aromatic nitrogens is 2. The van der Waals surface area contributed by atoms with Crippen molar-refractivity contribution in [2.75, 3.05) is 6.61 Å². The van der Waals surface area contributed by atoms with Gasteiger partial charge in [-0.2, -0.15) is 0 Å². The molecule has 0 fully saturated rings. The fourth-order valence-corrected chi connectivity index (χ4v) is 3.94. The first-order valence-corrected chi connectivity index (χ1v) is 11.1. The molecule has 0 aliphatic heterocycles. The van der Waals surface area contributed by atoms with E-state index in [0.29, 0.717) is 28.3 Å². The number of hydrogen-bond donors (Lipinski definition) is 1. The first-order chi connectivity index (χ1) is 15.4. The van der Waals surface area contributed by atoms with E-state index >= 15 is 4.39 Å². The highest BCUT2D eigenvalue weighted by Crippen LogP contribution is 2.30. The van der Waals surface area contributed by atoms with Gasteiger partial charge in [0.15, 0.2) is 11.6 Å². The highest BCUT2D eigenvalue weighted by molar-refractivity contribution is 6.06. The highest BCUT2D eigenvalue weighted by atomic mass is 19.1. The third-order valence-electron chi connectivity index (χ3n) is 5.28. The van der Waals surface area contributed by atoms with Gasteiger partial charge in [-0.05, 0) is 63.6 Å². The van der Waals surface area contributed by atoms with Gasteiger partial charge in [-0.1, -0.05) is 13.8 Å². The van der Waals surface area contributed by atoms with Gasteiger partial charge in [0.1, 0.15) is 12.2 Å². The number of halogens is 1. The molecule has 3 aromatic rings. The summed E-state index contributed by atoms with van der Waals surface area (Å²) in [5, 5.41) is 4.54. The van der Waals surface area contributed by atoms with E-state index in [2.05, 4.69) is 10.3 Å². The summed E-state index contributed by atoms with van der Waals surface area (Å²) in [7, 11) is 1.54. The van der Waals surface area contributed by atoms with Crippen LogP contribution in [0.4, 0.5) is 9.18 Å². The Bertz CT molecular complexity index is 1240. The number of carbonyl (C=O) groups excluding carboxylic acids is 1. The SMILES string of the molecule is Cc1nccc2c1c(=O)n(C)c1c(F)c(OCC(CC(C)C)NC(=O)OC(C)(C)C)ccc21. The third-order valence-corrected chi connectivity index (χ3v) is 5.28. The van der Waals surface area contributed by atoms with E-state index in [4.69, 9.17) is 9.47 Å². The molecule has 2 heterocycles. The second-order valence-corrected chi connectivity index (χ2v) is 9.74. The Morgan fingerprint density at radius 3 is 2.55 bits per heavy atom. The molecule has 1 N–H and O–H groups in total. The van der Waals surface area contributed by atoms with Gasteiger partial charge < -0.3 is 19.4 Å². The van der Waals surface area contributed by atoms with Gasteiger partial charge in [0.25, 0.3) is 5.56 Å². The Morgan fingerprint density at radius 2 is 1.91 bits per heavy atom. The van der Waals surface area contributed by atoms with Crippen molar-refractivity contribution in [3.05, 3.63) is 46.3 Å². The van der Waals surface area contributed by atoms with E-state index in [9.17, 15) is 9.59 Å². The Hall–Kier alpha value is -3.16. The molecule has 0 saturated carbocycles. The largest absolute Gasteiger partial charge is 0.488 e. The minimum Gasteiger partial charge on any atom is -0.488 e. The van der Waals surface area contributed by atoms with E-state index < -0.39 is 17.5 Å². The van der Waals surface area contributed by atoms with Crippen LogP contribution in [-0.4, -0.2) is 33.9 Å². The molecular weight excluding hydrogens is 425 g/mol.